The van der Waals surface area contributed by atoms with Gasteiger partial charge in [-0.25, -0.2) is 4.79 Å². The predicted molar refractivity (Wildman–Crippen MR) is 75.5 cm³/mol. The molecule has 2 rings (SSSR count). The highest BCUT2D eigenvalue weighted by Gasteiger charge is 2.31. The fraction of sp³-hybridized carbons (Fsp3) is 0.429. The van der Waals surface area contributed by atoms with Crippen LogP contribution in [-0.2, 0) is 14.3 Å². The van der Waals surface area contributed by atoms with E-state index in [1.807, 2.05) is 0 Å². The lowest BCUT2D eigenvalue weighted by Gasteiger charge is -2.32. The molecule has 0 aromatic heterocycles. The SMILES string of the molecule is C[C@@H](Oc1ccc(Cl)cc1)C(=O)N1CCO[C@H](C(=O)O)C1. The molecule has 1 aliphatic heterocycles. The lowest BCUT2D eigenvalue weighted by atomic mass is 10.2. The van der Waals surface area contributed by atoms with Gasteiger partial charge in [-0.2, -0.15) is 0 Å². The molecule has 1 aromatic rings. The van der Waals surface area contributed by atoms with Crippen LogP contribution in [-0.4, -0.2) is 53.8 Å². The highest BCUT2D eigenvalue weighted by atomic mass is 35.5. The summed E-state index contributed by atoms with van der Waals surface area (Å²) in [6.45, 7) is 2.22. The number of carbonyl (C=O) groups is 2. The third-order valence-corrected chi connectivity index (χ3v) is 3.38. The van der Waals surface area contributed by atoms with Crippen molar-refractivity contribution < 1.29 is 24.2 Å². The summed E-state index contributed by atoms with van der Waals surface area (Å²) in [6.07, 6.45) is -1.69. The maximum absolute atomic E-state index is 12.3. The first-order valence-electron chi connectivity index (χ1n) is 6.53. The van der Waals surface area contributed by atoms with Crippen molar-refractivity contribution in [2.45, 2.75) is 19.1 Å². The van der Waals surface area contributed by atoms with Gasteiger partial charge in [-0.1, -0.05) is 11.6 Å². The van der Waals surface area contributed by atoms with Crippen LogP contribution in [0.5, 0.6) is 5.75 Å². The Hall–Kier alpha value is -1.79. The Morgan fingerprint density at radius 1 is 1.43 bits per heavy atom. The molecular weight excluding hydrogens is 298 g/mol. The molecule has 1 fully saturated rings. The molecular formula is C14H16ClNO5. The minimum atomic E-state index is -1.07. The Bertz CT molecular complexity index is 519. The van der Waals surface area contributed by atoms with Crippen LogP contribution in [0.4, 0.5) is 0 Å². The van der Waals surface area contributed by atoms with E-state index in [9.17, 15) is 9.59 Å². The first-order chi connectivity index (χ1) is 9.97. The maximum Gasteiger partial charge on any atom is 0.334 e. The third kappa shape index (κ3) is 4.09. The van der Waals surface area contributed by atoms with Crippen molar-refractivity contribution in [3.63, 3.8) is 0 Å². The van der Waals surface area contributed by atoms with E-state index in [0.29, 0.717) is 17.3 Å². The van der Waals surface area contributed by atoms with Gasteiger partial charge < -0.3 is 19.5 Å². The number of carbonyl (C=O) groups excluding carboxylic acids is 1. The fourth-order valence-corrected chi connectivity index (χ4v) is 2.15. The molecule has 7 heteroatoms. The lowest BCUT2D eigenvalue weighted by Crippen LogP contribution is -2.51. The minimum absolute atomic E-state index is 0.0302. The molecule has 1 aliphatic rings. The summed E-state index contributed by atoms with van der Waals surface area (Å²) in [5, 5.41) is 9.51. The van der Waals surface area contributed by atoms with Gasteiger partial charge in [0.1, 0.15) is 5.75 Å². The van der Waals surface area contributed by atoms with Gasteiger partial charge in [0.15, 0.2) is 12.2 Å². The number of aliphatic carboxylic acids is 1. The van der Waals surface area contributed by atoms with Gasteiger partial charge in [0.25, 0.3) is 5.91 Å². The Labute approximate surface area is 127 Å². The van der Waals surface area contributed by atoms with Gasteiger partial charge in [0.05, 0.1) is 13.2 Å². The number of carboxylic acid groups (broad SMARTS) is 1. The van der Waals surface area contributed by atoms with E-state index in [2.05, 4.69) is 0 Å². The molecule has 1 aromatic carbocycles. The van der Waals surface area contributed by atoms with Crippen LogP contribution < -0.4 is 4.74 Å². The highest BCUT2D eigenvalue weighted by molar-refractivity contribution is 6.30. The van der Waals surface area contributed by atoms with E-state index in [-0.39, 0.29) is 19.1 Å². The molecule has 114 valence electrons. The van der Waals surface area contributed by atoms with E-state index in [1.54, 1.807) is 31.2 Å². The molecule has 0 radical (unpaired) electrons. The minimum Gasteiger partial charge on any atom is -0.481 e. The van der Waals surface area contributed by atoms with Gasteiger partial charge in [-0.15, -0.1) is 0 Å². The van der Waals surface area contributed by atoms with E-state index in [0.717, 1.165) is 0 Å². The standard InChI is InChI=1S/C14H16ClNO5/c1-9(21-11-4-2-10(15)3-5-11)13(17)16-6-7-20-12(8-16)14(18)19/h2-5,9,12H,6-8H2,1H3,(H,18,19)/t9-,12+/m1/s1. The number of halogens is 1. The van der Waals surface area contributed by atoms with Crippen molar-refractivity contribution >= 4 is 23.5 Å². The Balaban J connectivity index is 1.95. The summed E-state index contributed by atoms with van der Waals surface area (Å²) in [7, 11) is 0. The number of ether oxygens (including phenoxy) is 2. The van der Waals surface area contributed by atoms with Crippen molar-refractivity contribution in [1.82, 2.24) is 4.90 Å². The smallest absolute Gasteiger partial charge is 0.334 e. The molecule has 0 unspecified atom stereocenters. The van der Waals surface area contributed by atoms with Gasteiger partial charge in [-0.05, 0) is 31.2 Å². The molecule has 0 saturated carbocycles. The second kappa shape index (κ2) is 6.78. The van der Waals surface area contributed by atoms with E-state index < -0.39 is 18.2 Å². The van der Waals surface area contributed by atoms with Crippen LogP contribution >= 0.6 is 11.6 Å². The molecule has 0 spiro atoms. The van der Waals surface area contributed by atoms with Crippen LogP contribution in [0.1, 0.15) is 6.92 Å². The van der Waals surface area contributed by atoms with Crippen molar-refractivity contribution in [2.75, 3.05) is 19.7 Å². The highest BCUT2D eigenvalue weighted by Crippen LogP contribution is 2.18. The average molecular weight is 314 g/mol. The van der Waals surface area contributed by atoms with Crippen LogP contribution in [0.2, 0.25) is 5.02 Å². The van der Waals surface area contributed by atoms with Crippen molar-refractivity contribution in [3.8, 4) is 5.75 Å². The number of amides is 1. The van der Waals surface area contributed by atoms with Crippen LogP contribution in [0.3, 0.4) is 0 Å². The molecule has 1 saturated heterocycles. The zero-order chi connectivity index (χ0) is 15.4. The number of benzene rings is 1. The van der Waals surface area contributed by atoms with Crippen molar-refractivity contribution in [3.05, 3.63) is 29.3 Å². The summed E-state index contributed by atoms with van der Waals surface area (Å²) in [5.41, 5.74) is 0. The van der Waals surface area contributed by atoms with E-state index in [1.165, 1.54) is 4.90 Å². The van der Waals surface area contributed by atoms with Crippen molar-refractivity contribution in [2.24, 2.45) is 0 Å². The Morgan fingerprint density at radius 3 is 2.71 bits per heavy atom. The monoisotopic (exact) mass is 313 g/mol. The molecule has 2 atom stereocenters. The fourth-order valence-electron chi connectivity index (χ4n) is 2.02. The first-order valence-corrected chi connectivity index (χ1v) is 6.90. The molecule has 0 bridgehead atoms. The van der Waals surface area contributed by atoms with E-state index >= 15 is 0 Å². The van der Waals surface area contributed by atoms with Gasteiger partial charge in [0.2, 0.25) is 0 Å². The topological polar surface area (TPSA) is 76.1 Å². The van der Waals surface area contributed by atoms with Gasteiger partial charge in [0, 0.05) is 11.6 Å². The first kappa shape index (κ1) is 15.6. The number of morpholine rings is 1. The van der Waals surface area contributed by atoms with Crippen LogP contribution in [0, 0.1) is 0 Å². The molecule has 21 heavy (non-hydrogen) atoms. The number of rotatable bonds is 4. The van der Waals surface area contributed by atoms with Crippen molar-refractivity contribution in [1.29, 1.82) is 0 Å². The summed E-state index contributed by atoms with van der Waals surface area (Å²) in [5.74, 6) is -0.804. The molecule has 1 amide bonds. The predicted octanol–water partition coefficient (Wildman–Crippen LogP) is 1.42. The largest absolute Gasteiger partial charge is 0.481 e. The third-order valence-electron chi connectivity index (χ3n) is 3.13. The summed E-state index contributed by atoms with van der Waals surface area (Å²) < 4.78 is 10.6. The Kier molecular flexibility index (Phi) is 5.03. The molecule has 1 N–H and O–H groups in total. The number of hydrogen-bond donors (Lipinski definition) is 1. The summed E-state index contributed by atoms with van der Waals surface area (Å²) in [4.78, 5) is 24.6. The zero-order valence-corrected chi connectivity index (χ0v) is 12.2. The number of hydrogen-bond acceptors (Lipinski definition) is 4. The van der Waals surface area contributed by atoms with Crippen LogP contribution in [0.15, 0.2) is 24.3 Å². The quantitative estimate of drug-likeness (QED) is 0.910. The zero-order valence-electron chi connectivity index (χ0n) is 11.5. The molecule has 0 aliphatic carbocycles. The van der Waals surface area contributed by atoms with Gasteiger partial charge in [-0.3, -0.25) is 4.79 Å². The van der Waals surface area contributed by atoms with E-state index in [4.69, 9.17) is 26.2 Å². The van der Waals surface area contributed by atoms with Gasteiger partial charge >= 0.3 is 5.97 Å². The lowest BCUT2D eigenvalue weighted by molar-refractivity contribution is -0.161. The Morgan fingerprint density at radius 2 is 2.10 bits per heavy atom. The second-order valence-electron chi connectivity index (χ2n) is 4.70. The number of nitrogens with zero attached hydrogens (tertiary/aromatic N) is 1. The average Bonchev–Trinajstić information content (AvgIpc) is 2.49. The summed E-state index contributed by atoms with van der Waals surface area (Å²) in [6, 6.07) is 6.68. The second-order valence-corrected chi connectivity index (χ2v) is 5.13. The molecule has 1 heterocycles. The molecule has 6 nitrogen and oxygen atoms in total. The van der Waals surface area contributed by atoms with Crippen LogP contribution in [0.25, 0.3) is 0 Å². The summed E-state index contributed by atoms with van der Waals surface area (Å²) >= 11 is 5.78. The normalized spacial score (nSPS) is 19.9. The number of carboxylic acids is 1. The maximum atomic E-state index is 12.3.